The maximum absolute atomic E-state index is 16.2. The molecule has 1 saturated heterocycles. The Morgan fingerprint density at radius 1 is 1.26 bits per heavy atom. The number of allylic oxidation sites excluding steroid dienone is 1. The zero-order valence-corrected chi connectivity index (χ0v) is 21.8. The molecule has 4 heterocycles. The monoisotopic (exact) mass is 540 g/mol. The topological polar surface area (TPSA) is 69.6 Å². The quantitative estimate of drug-likeness (QED) is 0.468. The number of nitrogens with one attached hydrogen (secondary N) is 1. The highest BCUT2D eigenvalue weighted by atomic mass is 19.3. The third kappa shape index (κ3) is 5.24. The van der Waals surface area contributed by atoms with Crippen LogP contribution in [0.15, 0.2) is 28.9 Å². The molecule has 210 valence electrons. The number of aliphatic hydroxyl groups is 1. The molecule has 5 rings (SSSR count). The molecular formula is C27H36F4N4O3. The highest BCUT2D eigenvalue weighted by molar-refractivity contribution is 5.80. The minimum absolute atomic E-state index is 0.0655. The van der Waals surface area contributed by atoms with Crippen molar-refractivity contribution < 1.29 is 32.1 Å². The third-order valence-electron chi connectivity index (χ3n) is 8.16. The van der Waals surface area contributed by atoms with Crippen molar-refractivity contribution in [3.8, 4) is 11.5 Å². The molecule has 0 radical (unpaired) electrons. The van der Waals surface area contributed by atoms with Crippen LogP contribution < -0.4 is 14.8 Å². The maximum Gasteiger partial charge on any atom is 0.283 e. The Hall–Kier alpha value is -2.37. The standard InChI is InChI=1S/C27H36F4N4O3/c1-17-8-18-9-22-23(38-16-37-22)11-21(18)25(35(17)14-27(30,31)15-36)26(2)24(29)10-20(12-32-26)33-19-4-7-34(13-19)6-3-5-28/h9-12,17,19,24-25,33,36H,3-8,13-16H2,1-2H3/t17-,19+,24?,25+,26?/m1/s1. The van der Waals surface area contributed by atoms with Crippen LogP contribution in [0.4, 0.5) is 17.6 Å². The molecule has 5 atom stereocenters. The Balaban J connectivity index is 1.42. The molecule has 1 fully saturated rings. The van der Waals surface area contributed by atoms with Crippen molar-refractivity contribution in [2.45, 2.75) is 68.9 Å². The van der Waals surface area contributed by atoms with E-state index in [0.29, 0.717) is 42.1 Å². The number of hydrogen-bond acceptors (Lipinski definition) is 7. The first-order valence-corrected chi connectivity index (χ1v) is 13.3. The molecule has 0 amide bonds. The van der Waals surface area contributed by atoms with Gasteiger partial charge in [0.15, 0.2) is 11.5 Å². The van der Waals surface area contributed by atoms with Gasteiger partial charge in [0, 0.05) is 37.9 Å². The molecule has 2 unspecified atom stereocenters. The number of likely N-dealkylation sites (tertiary alicyclic amines) is 1. The molecule has 38 heavy (non-hydrogen) atoms. The second-order valence-corrected chi connectivity index (χ2v) is 11.0. The van der Waals surface area contributed by atoms with Gasteiger partial charge >= 0.3 is 0 Å². The van der Waals surface area contributed by atoms with Gasteiger partial charge in [-0.05, 0) is 62.4 Å². The van der Waals surface area contributed by atoms with Crippen LogP contribution in [-0.2, 0) is 6.42 Å². The summed E-state index contributed by atoms with van der Waals surface area (Å²) in [5, 5.41) is 12.7. The van der Waals surface area contributed by atoms with Crippen LogP contribution >= 0.6 is 0 Å². The summed E-state index contributed by atoms with van der Waals surface area (Å²) in [6.45, 7) is 3.45. The summed E-state index contributed by atoms with van der Waals surface area (Å²) in [5.41, 5.74) is 0.699. The van der Waals surface area contributed by atoms with E-state index < -0.39 is 36.8 Å². The first kappa shape index (κ1) is 27.2. The second-order valence-electron chi connectivity index (χ2n) is 11.0. The number of aliphatic hydroxyl groups excluding tert-OH is 1. The Bertz CT molecular complexity index is 1090. The minimum atomic E-state index is -3.36. The summed E-state index contributed by atoms with van der Waals surface area (Å²) in [5.74, 6) is -2.28. The molecule has 0 spiro atoms. The fourth-order valence-electron chi connectivity index (χ4n) is 6.14. The molecular weight excluding hydrogens is 504 g/mol. The van der Waals surface area contributed by atoms with E-state index in [1.807, 2.05) is 13.0 Å². The van der Waals surface area contributed by atoms with Gasteiger partial charge in [0.25, 0.3) is 5.92 Å². The lowest BCUT2D eigenvalue weighted by Gasteiger charge is -2.50. The van der Waals surface area contributed by atoms with E-state index in [-0.39, 0.29) is 25.6 Å². The lowest BCUT2D eigenvalue weighted by molar-refractivity contribution is -0.0986. The SMILES string of the molecule is C[C@@H]1Cc2cc3c(cc2[C@@H](C2(C)N=CC(N[C@H]4CCN(CCCF)C4)=CC2F)N1CC(F)(F)CO)OCO3. The van der Waals surface area contributed by atoms with E-state index >= 15 is 4.39 Å². The Kier molecular flexibility index (Phi) is 7.63. The largest absolute Gasteiger partial charge is 0.454 e. The van der Waals surface area contributed by atoms with Crippen LogP contribution in [0.1, 0.15) is 43.9 Å². The smallest absolute Gasteiger partial charge is 0.283 e. The van der Waals surface area contributed by atoms with Crippen molar-refractivity contribution in [2.75, 3.05) is 46.3 Å². The van der Waals surface area contributed by atoms with Crippen molar-refractivity contribution >= 4 is 6.21 Å². The fourth-order valence-corrected chi connectivity index (χ4v) is 6.14. The second kappa shape index (κ2) is 10.7. The number of hydrogen-bond donors (Lipinski definition) is 2. The normalized spacial score (nSPS) is 31.4. The molecule has 0 aliphatic carbocycles. The van der Waals surface area contributed by atoms with E-state index in [0.717, 1.165) is 25.1 Å². The summed E-state index contributed by atoms with van der Waals surface area (Å²) < 4.78 is 68.9. The van der Waals surface area contributed by atoms with Crippen LogP contribution in [-0.4, -0.2) is 97.1 Å². The molecule has 0 saturated carbocycles. The summed E-state index contributed by atoms with van der Waals surface area (Å²) >= 11 is 0. The molecule has 7 nitrogen and oxygen atoms in total. The number of alkyl halides is 4. The van der Waals surface area contributed by atoms with Crippen molar-refractivity contribution in [1.29, 1.82) is 0 Å². The number of benzene rings is 1. The molecule has 2 N–H and O–H groups in total. The van der Waals surface area contributed by atoms with Crippen LogP contribution in [0.3, 0.4) is 0 Å². The number of rotatable bonds is 9. The van der Waals surface area contributed by atoms with Gasteiger partial charge in [0.1, 0.15) is 18.3 Å². The highest BCUT2D eigenvalue weighted by Gasteiger charge is 2.52. The number of nitrogens with zero attached hydrogens (tertiary/aromatic N) is 3. The Labute approximate surface area is 220 Å². The van der Waals surface area contributed by atoms with E-state index in [9.17, 15) is 18.3 Å². The van der Waals surface area contributed by atoms with Gasteiger partial charge in [-0.25, -0.2) is 13.2 Å². The van der Waals surface area contributed by atoms with Crippen LogP contribution in [0.5, 0.6) is 11.5 Å². The number of fused-ring (bicyclic) bond motifs is 2. The van der Waals surface area contributed by atoms with Gasteiger partial charge in [-0.3, -0.25) is 14.3 Å². The molecule has 4 aliphatic heterocycles. The van der Waals surface area contributed by atoms with Crippen molar-refractivity contribution in [3.63, 3.8) is 0 Å². The molecule has 4 aliphatic rings. The predicted molar refractivity (Wildman–Crippen MR) is 136 cm³/mol. The molecule has 1 aromatic rings. The summed E-state index contributed by atoms with van der Waals surface area (Å²) in [6, 6.07) is 2.51. The van der Waals surface area contributed by atoms with Crippen LogP contribution in [0, 0.1) is 0 Å². The van der Waals surface area contributed by atoms with E-state index in [4.69, 9.17) is 9.47 Å². The number of aliphatic imine (C=N–C) groups is 1. The predicted octanol–water partition coefficient (Wildman–Crippen LogP) is 3.42. The number of halogens is 4. The Morgan fingerprint density at radius 3 is 2.74 bits per heavy atom. The van der Waals surface area contributed by atoms with Gasteiger partial charge in [-0.2, -0.15) is 0 Å². The summed E-state index contributed by atoms with van der Waals surface area (Å²) in [4.78, 5) is 8.42. The third-order valence-corrected chi connectivity index (χ3v) is 8.16. The van der Waals surface area contributed by atoms with Crippen LogP contribution in [0.2, 0.25) is 0 Å². The first-order valence-electron chi connectivity index (χ1n) is 13.3. The molecule has 0 aromatic heterocycles. The van der Waals surface area contributed by atoms with Gasteiger partial charge in [0.05, 0.1) is 25.0 Å². The zero-order chi connectivity index (χ0) is 27.1. The summed E-state index contributed by atoms with van der Waals surface area (Å²) in [7, 11) is 0. The van der Waals surface area contributed by atoms with Crippen molar-refractivity contribution in [2.24, 2.45) is 4.99 Å². The van der Waals surface area contributed by atoms with Gasteiger partial charge < -0.3 is 24.8 Å². The maximum atomic E-state index is 16.2. The average molecular weight is 541 g/mol. The molecule has 11 heteroatoms. The van der Waals surface area contributed by atoms with Crippen molar-refractivity contribution in [3.05, 3.63) is 35.0 Å². The van der Waals surface area contributed by atoms with E-state index in [1.165, 1.54) is 6.08 Å². The molecule has 1 aromatic carbocycles. The highest BCUT2D eigenvalue weighted by Crippen LogP contribution is 2.49. The molecule has 0 bridgehead atoms. The van der Waals surface area contributed by atoms with E-state index in [2.05, 4.69) is 15.2 Å². The lowest BCUT2D eigenvalue weighted by Crippen LogP contribution is -2.58. The lowest BCUT2D eigenvalue weighted by atomic mass is 9.75. The zero-order valence-electron chi connectivity index (χ0n) is 21.8. The minimum Gasteiger partial charge on any atom is -0.454 e. The van der Waals surface area contributed by atoms with E-state index in [1.54, 1.807) is 24.1 Å². The van der Waals surface area contributed by atoms with Gasteiger partial charge in [-0.1, -0.05) is 0 Å². The summed E-state index contributed by atoms with van der Waals surface area (Å²) in [6.07, 6.45) is 3.31. The number of ether oxygens (including phenoxy) is 2. The number of dihydropyridines is 1. The first-order chi connectivity index (χ1) is 18.1. The van der Waals surface area contributed by atoms with Gasteiger partial charge in [0.2, 0.25) is 6.79 Å². The fraction of sp³-hybridized carbons (Fsp3) is 0.667. The average Bonchev–Trinajstić information content (AvgIpc) is 3.53. The Morgan fingerprint density at radius 2 is 2.03 bits per heavy atom. The van der Waals surface area contributed by atoms with Gasteiger partial charge in [-0.15, -0.1) is 0 Å². The van der Waals surface area contributed by atoms with Crippen molar-refractivity contribution in [1.82, 2.24) is 15.1 Å². The van der Waals surface area contributed by atoms with Crippen LogP contribution in [0.25, 0.3) is 0 Å².